The molecular weight excluding hydrogens is 276 g/mol. The van der Waals surface area contributed by atoms with Crippen molar-refractivity contribution >= 4 is 49.6 Å². The summed E-state index contributed by atoms with van der Waals surface area (Å²) < 4.78 is 1.13. The Labute approximate surface area is 119 Å². The average molecular weight is 286 g/mol. The van der Waals surface area contributed by atoms with E-state index in [1.165, 1.54) is 0 Å². The summed E-state index contributed by atoms with van der Waals surface area (Å²) in [5, 5.41) is 4.02. The van der Waals surface area contributed by atoms with Gasteiger partial charge >= 0.3 is 0 Å². The molecule has 0 amide bonds. The van der Waals surface area contributed by atoms with Gasteiger partial charge in [-0.2, -0.15) is 0 Å². The quantitative estimate of drug-likeness (QED) is 0.724. The van der Waals surface area contributed by atoms with Gasteiger partial charge < -0.3 is 11.1 Å². The van der Waals surface area contributed by atoms with Gasteiger partial charge in [-0.05, 0) is 24.3 Å². The van der Waals surface area contributed by atoms with Crippen LogP contribution in [-0.2, 0) is 0 Å². The van der Waals surface area contributed by atoms with E-state index in [2.05, 4.69) is 15.3 Å². The molecule has 2 heterocycles. The maximum absolute atomic E-state index is 5.66. The lowest BCUT2D eigenvalue weighted by Crippen LogP contribution is -2.13. The summed E-state index contributed by atoms with van der Waals surface area (Å²) in [4.78, 5) is 8.95. The second-order valence-electron chi connectivity index (χ2n) is 3.88. The van der Waals surface area contributed by atoms with Gasteiger partial charge in [-0.15, -0.1) is 0 Å². The third-order valence-corrected chi connectivity index (χ3v) is 3.72. The predicted octanol–water partition coefficient (Wildman–Crippen LogP) is 3.07. The molecule has 6 heteroatoms. The lowest BCUT2D eigenvalue weighted by molar-refractivity contribution is 1.28. The number of rotatable bonds is 3. The van der Waals surface area contributed by atoms with Gasteiger partial charge in [-0.25, -0.2) is 4.98 Å². The van der Waals surface area contributed by atoms with Crippen molar-refractivity contribution in [3.63, 3.8) is 0 Å². The first kappa shape index (κ1) is 12.0. The summed E-state index contributed by atoms with van der Waals surface area (Å²) in [5.41, 5.74) is 7.98. The summed E-state index contributed by atoms with van der Waals surface area (Å²) in [7, 11) is 0. The molecule has 0 aliphatic rings. The Morgan fingerprint density at radius 3 is 2.84 bits per heavy atom. The Bertz CT molecular complexity index is 718. The fourth-order valence-corrected chi connectivity index (χ4v) is 2.78. The van der Waals surface area contributed by atoms with Crippen LogP contribution in [-0.4, -0.2) is 15.0 Å². The normalized spacial score (nSPS) is 10.5. The number of para-hydroxylation sites is 1. The van der Waals surface area contributed by atoms with Crippen LogP contribution >= 0.6 is 23.6 Å². The molecule has 3 N–H and O–H groups in total. The van der Waals surface area contributed by atoms with E-state index in [0.717, 1.165) is 21.0 Å². The maximum Gasteiger partial charge on any atom is 0.188 e. The number of nitrogens with one attached hydrogen (secondary N) is 1. The van der Waals surface area contributed by atoms with Crippen LogP contribution in [0.5, 0.6) is 0 Å². The minimum Gasteiger partial charge on any atom is -0.388 e. The summed E-state index contributed by atoms with van der Waals surface area (Å²) in [5.74, 6) is 0. The van der Waals surface area contributed by atoms with Gasteiger partial charge in [0.15, 0.2) is 5.13 Å². The summed E-state index contributed by atoms with van der Waals surface area (Å²) in [6, 6.07) is 11.7. The van der Waals surface area contributed by atoms with Crippen molar-refractivity contribution in [2.24, 2.45) is 5.73 Å². The summed E-state index contributed by atoms with van der Waals surface area (Å²) in [6.07, 6.45) is 1.66. The van der Waals surface area contributed by atoms with Crippen molar-refractivity contribution in [2.45, 2.75) is 0 Å². The number of thiocarbonyl (C=S) groups is 1. The lowest BCUT2D eigenvalue weighted by atomic mass is 10.3. The molecule has 0 unspecified atom stereocenters. The monoisotopic (exact) mass is 286 g/mol. The van der Waals surface area contributed by atoms with Gasteiger partial charge in [0.05, 0.1) is 15.9 Å². The van der Waals surface area contributed by atoms with E-state index >= 15 is 0 Å². The van der Waals surface area contributed by atoms with Gasteiger partial charge in [-0.3, -0.25) is 4.98 Å². The van der Waals surface area contributed by atoms with Crippen LogP contribution in [0, 0.1) is 0 Å². The van der Waals surface area contributed by atoms with Crippen LogP contribution in [0.1, 0.15) is 5.69 Å². The third-order valence-electron chi connectivity index (χ3n) is 2.58. The maximum atomic E-state index is 5.66. The van der Waals surface area contributed by atoms with E-state index in [1.807, 2.05) is 36.4 Å². The molecule has 1 aromatic carbocycles. The minimum atomic E-state index is 0.268. The number of thiazole rings is 1. The Kier molecular flexibility index (Phi) is 3.10. The van der Waals surface area contributed by atoms with Gasteiger partial charge in [0, 0.05) is 6.20 Å². The Hall–Kier alpha value is -2.05. The zero-order valence-corrected chi connectivity index (χ0v) is 11.5. The van der Waals surface area contributed by atoms with Crippen molar-refractivity contribution in [3.8, 4) is 0 Å². The molecule has 0 saturated heterocycles. The highest BCUT2D eigenvalue weighted by atomic mass is 32.1. The second kappa shape index (κ2) is 4.91. The largest absolute Gasteiger partial charge is 0.388 e. The molecule has 94 valence electrons. The molecule has 0 fully saturated rings. The number of nitrogens with zero attached hydrogens (tertiary/aromatic N) is 2. The van der Waals surface area contributed by atoms with Crippen LogP contribution in [0.2, 0.25) is 0 Å². The molecule has 3 rings (SSSR count). The Morgan fingerprint density at radius 1 is 1.21 bits per heavy atom. The lowest BCUT2D eigenvalue weighted by Gasteiger charge is -2.06. The number of fused-ring (bicyclic) bond motifs is 1. The first-order valence-corrected chi connectivity index (χ1v) is 6.84. The van der Waals surface area contributed by atoms with Gasteiger partial charge in [0.25, 0.3) is 0 Å². The van der Waals surface area contributed by atoms with E-state index in [1.54, 1.807) is 17.5 Å². The van der Waals surface area contributed by atoms with Crippen molar-refractivity contribution < 1.29 is 0 Å². The number of hydrogen-bond acceptors (Lipinski definition) is 5. The van der Waals surface area contributed by atoms with Gasteiger partial charge in [0.1, 0.15) is 10.7 Å². The number of nitrogens with two attached hydrogens (primary N) is 1. The molecule has 19 heavy (non-hydrogen) atoms. The number of aromatic nitrogens is 2. The molecular formula is C13H10N4S2. The van der Waals surface area contributed by atoms with Gasteiger partial charge in [0.2, 0.25) is 0 Å². The van der Waals surface area contributed by atoms with Crippen molar-refractivity contribution in [3.05, 3.63) is 48.3 Å². The second-order valence-corrected chi connectivity index (χ2v) is 5.35. The van der Waals surface area contributed by atoms with E-state index in [-0.39, 0.29) is 4.99 Å². The molecule has 0 bridgehead atoms. The standard InChI is InChI=1S/C13H10N4S2/c14-12(18)11-9(5-3-7-15-11)17-13-16-8-4-1-2-6-10(8)19-13/h1-7H,(H2,14,18)(H,16,17). The van der Waals surface area contributed by atoms with Crippen LogP contribution in [0.3, 0.4) is 0 Å². The highest BCUT2D eigenvalue weighted by molar-refractivity contribution is 7.80. The van der Waals surface area contributed by atoms with Crippen LogP contribution in [0.25, 0.3) is 10.2 Å². The van der Waals surface area contributed by atoms with Crippen molar-refractivity contribution in [1.82, 2.24) is 9.97 Å². The number of anilines is 2. The Morgan fingerprint density at radius 2 is 2.05 bits per heavy atom. The third kappa shape index (κ3) is 2.40. The highest BCUT2D eigenvalue weighted by Gasteiger charge is 2.09. The molecule has 0 radical (unpaired) electrons. The number of benzene rings is 1. The van der Waals surface area contributed by atoms with Crippen LogP contribution in [0.15, 0.2) is 42.6 Å². The smallest absolute Gasteiger partial charge is 0.188 e. The molecule has 0 atom stereocenters. The molecule has 0 aliphatic heterocycles. The molecule has 3 aromatic rings. The van der Waals surface area contributed by atoms with Crippen LogP contribution < -0.4 is 11.1 Å². The summed E-state index contributed by atoms with van der Waals surface area (Å²) >= 11 is 6.57. The number of pyridine rings is 1. The first-order chi connectivity index (χ1) is 9.24. The van der Waals surface area contributed by atoms with Crippen molar-refractivity contribution in [2.75, 3.05) is 5.32 Å². The van der Waals surface area contributed by atoms with Gasteiger partial charge in [-0.1, -0.05) is 35.7 Å². The minimum absolute atomic E-state index is 0.268. The number of hydrogen-bond donors (Lipinski definition) is 2. The van der Waals surface area contributed by atoms with Crippen molar-refractivity contribution in [1.29, 1.82) is 0 Å². The molecule has 0 spiro atoms. The predicted molar refractivity (Wildman–Crippen MR) is 83.0 cm³/mol. The SMILES string of the molecule is NC(=S)c1ncccc1Nc1nc2ccccc2s1. The van der Waals surface area contributed by atoms with Crippen LogP contribution in [0.4, 0.5) is 10.8 Å². The molecule has 2 aromatic heterocycles. The Balaban J connectivity index is 1.99. The molecule has 0 saturated carbocycles. The summed E-state index contributed by atoms with van der Waals surface area (Å²) in [6.45, 7) is 0. The van der Waals surface area contributed by atoms with E-state index in [4.69, 9.17) is 18.0 Å². The fourth-order valence-electron chi connectivity index (χ4n) is 1.74. The van der Waals surface area contributed by atoms with E-state index in [0.29, 0.717) is 5.69 Å². The van der Waals surface area contributed by atoms with E-state index in [9.17, 15) is 0 Å². The van der Waals surface area contributed by atoms with E-state index < -0.39 is 0 Å². The fraction of sp³-hybridized carbons (Fsp3) is 0. The molecule has 4 nitrogen and oxygen atoms in total. The highest BCUT2D eigenvalue weighted by Crippen LogP contribution is 2.28. The molecule has 0 aliphatic carbocycles. The zero-order valence-electron chi connectivity index (χ0n) is 9.83. The topological polar surface area (TPSA) is 63.8 Å². The zero-order chi connectivity index (χ0) is 13.2. The average Bonchev–Trinajstić information content (AvgIpc) is 2.81. The first-order valence-electron chi connectivity index (χ1n) is 5.61.